The number of aromatic nitrogens is 1. The molecule has 0 saturated carbocycles. The van der Waals surface area contributed by atoms with E-state index in [0.29, 0.717) is 20.4 Å². The number of nitrogens with one attached hydrogen (secondary N) is 1. The van der Waals surface area contributed by atoms with E-state index < -0.39 is 5.91 Å². The van der Waals surface area contributed by atoms with Crippen molar-refractivity contribution in [2.45, 2.75) is 0 Å². The highest BCUT2D eigenvalue weighted by atomic mass is 127. The van der Waals surface area contributed by atoms with Crippen LogP contribution >= 0.6 is 45.2 Å². The summed E-state index contributed by atoms with van der Waals surface area (Å²) in [4.78, 5) is 16.2. The zero-order valence-electron chi connectivity index (χ0n) is 13.3. The van der Waals surface area contributed by atoms with Crippen LogP contribution in [-0.2, 0) is 4.79 Å². The number of carbonyl (C=O) groups is 1. The number of fused-ring (bicyclic) bond motifs is 1. The van der Waals surface area contributed by atoms with Gasteiger partial charge in [-0.15, -0.1) is 0 Å². The first-order valence-corrected chi connectivity index (χ1v) is 9.67. The largest absolute Gasteiger partial charge is 0.506 e. The summed E-state index contributed by atoms with van der Waals surface area (Å²) in [6, 6.07) is 12.9. The molecule has 0 spiro atoms. The second-order valence-corrected chi connectivity index (χ2v) is 7.65. The van der Waals surface area contributed by atoms with E-state index in [0.717, 1.165) is 8.96 Å². The summed E-state index contributed by atoms with van der Waals surface area (Å²) in [6.45, 7) is -0.192. The Hall–Kier alpha value is -1.95. The normalized spacial score (nSPS) is 11.0. The third-order valence-corrected chi connectivity index (χ3v) is 4.85. The summed E-state index contributed by atoms with van der Waals surface area (Å²) in [7, 11) is 0. The fourth-order valence-corrected chi connectivity index (χ4v) is 4.12. The van der Waals surface area contributed by atoms with Gasteiger partial charge in [-0.1, -0.05) is 18.2 Å². The second-order valence-electron chi connectivity index (χ2n) is 5.24. The Morgan fingerprint density at radius 3 is 2.92 bits per heavy atom. The van der Waals surface area contributed by atoms with Crippen molar-refractivity contribution in [3.8, 4) is 11.5 Å². The first kappa shape index (κ1) is 18.8. The van der Waals surface area contributed by atoms with Crippen LogP contribution in [0.15, 0.2) is 53.8 Å². The average molecular weight is 573 g/mol. The molecule has 0 aliphatic heterocycles. The van der Waals surface area contributed by atoms with Crippen molar-refractivity contribution in [3.05, 3.63) is 61.4 Å². The lowest BCUT2D eigenvalue weighted by Gasteiger charge is -2.07. The van der Waals surface area contributed by atoms with Crippen molar-refractivity contribution in [1.29, 1.82) is 0 Å². The van der Waals surface area contributed by atoms with Crippen molar-refractivity contribution in [1.82, 2.24) is 10.4 Å². The number of carbonyl (C=O) groups excluding carboxylic acids is 1. The number of hydrogen-bond donors (Lipinski definition) is 2. The minimum Gasteiger partial charge on any atom is -0.506 e. The van der Waals surface area contributed by atoms with E-state index in [2.05, 4.69) is 38.1 Å². The van der Waals surface area contributed by atoms with Crippen molar-refractivity contribution in [3.63, 3.8) is 0 Å². The highest BCUT2D eigenvalue weighted by molar-refractivity contribution is 14.1. The number of benzene rings is 2. The van der Waals surface area contributed by atoms with Crippen LogP contribution in [0.5, 0.6) is 11.5 Å². The highest BCUT2D eigenvalue weighted by Gasteiger charge is 2.07. The maximum atomic E-state index is 11.9. The number of hydrogen-bond acceptors (Lipinski definition) is 5. The van der Waals surface area contributed by atoms with Crippen LogP contribution in [0.2, 0.25) is 0 Å². The predicted octanol–water partition coefficient (Wildman–Crippen LogP) is 3.68. The number of aromatic hydroxyl groups is 1. The molecule has 1 heterocycles. The number of ether oxygens (including phenoxy) is 1. The Balaban J connectivity index is 1.61. The van der Waals surface area contributed by atoms with Gasteiger partial charge in [0.1, 0.15) is 17.0 Å². The summed E-state index contributed by atoms with van der Waals surface area (Å²) < 4.78 is 7.22. The quantitative estimate of drug-likeness (QED) is 0.278. The lowest BCUT2D eigenvalue weighted by atomic mass is 10.2. The van der Waals surface area contributed by atoms with Gasteiger partial charge in [-0.2, -0.15) is 5.10 Å². The molecule has 0 unspecified atom stereocenters. The monoisotopic (exact) mass is 573 g/mol. The number of phenolic OH excluding ortho intramolecular Hbond substituents is 1. The zero-order chi connectivity index (χ0) is 18.5. The van der Waals surface area contributed by atoms with Crippen molar-refractivity contribution in [2.24, 2.45) is 5.10 Å². The van der Waals surface area contributed by atoms with Crippen LogP contribution in [0.1, 0.15) is 5.56 Å². The molecule has 0 atom stereocenters. The topological polar surface area (TPSA) is 83.8 Å². The molecule has 8 heteroatoms. The molecule has 132 valence electrons. The summed E-state index contributed by atoms with van der Waals surface area (Å²) in [6.07, 6.45) is 3.08. The van der Waals surface area contributed by atoms with Gasteiger partial charge >= 0.3 is 0 Å². The molecule has 1 aromatic heterocycles. The number of nitrogens with zero attached hydrogens (tertiary/aromatic N) is 2. The first-order valence-electron chi connectivity index (χ1n) is 7.51. The van der Waals surface area contributed by atoms with E-state index in [4.69, 9.17) is 4.74 Å². The molecule has 3 rings (SSSR count). The number of amides is 1. The third kappa shape index (κ3) is 4.61. The molecule has 1 amide bonds. The number of hydrazone groups is 1. The van der Waals surface area contributed by atoms with E-state index in [1.807, 2.05) is 52.9 Å². The Morgan fingerprint density at radius 2 is 2.08 bits per heavy atom. The molecule has 2 aromatic carbocycles. The summed E-state index contributed by atoms with van der Waals surface area (Å²) in [5, 5.41) is 14.8. The second kappa shape index (κ2) is 8.62. The Bertz CT molecular complexity index is 987. The molecular weight excluding hydrogens is 560 g/mol. The average Bonchev–Trinajstić information content (AvgIpc) is 2.63. The van der Waals surface area contributed by atoms with Crippen LogP contribution in [0.4, 0.5) is 0 Å². The van der Waals surface area contributed by atoms with E-state index in [-0.39, 0.29) is 12.4 Å². The van der Waals surface area contributed by atoms with Crippen LogP contribution in [-0.4, -0.2) is 28.8 Å². The Morgan fingerprint density at radius 1 is 1.27 bits per heavy atom. The third-order valence-electron chi connectivity index (χ3n) is 3.41. The van der Waals surface area contributed by atoms with E-state index in [1.54, 1.807) is 18.3 Å². The summed E-state index contributed by atoms with van der Waals surface area (Å²) in [5.41, 5.74) is 3.61. The van der Waals surface area contributed by atoms with Crippen molar-refractivity contribution in [2.75, 3.05) is 6.61 Å². The van der Waals surface area contributed by atoms with Gasteiger partial charge in [-0.3, -0.25) is 9.78 Å². The number of rotatable bonds is 5. The molecule has 2 N–H and O–H groups in total. The zero-order valence-corrected chi connectivity index (χ0v) is 17.6. The van der Waals surface area contributed by atoms with E-state index in [9.17, 15) is 9.90 Å². The van der Waals surface area contributed by atoms with E-state index in [1.165, 1.54) is 6.21 Å². The number of phenols is 1. The van der Waals surface area contributed by atoms with Gasteiger partial charge in [-0.25, -0.2) is 5.43 Å². The first-order chi connectivity index (χ1) is 12.5. The standard InChI is InChI=1S/C18H13I2N3O3/c19-13-7-12(18(25)14(20)8-13)9-22-23-16(24)10-26-15-5-1-3-11-4-2-6-21-17(11)15/h1-9,25H,10H2,(H,23,24)/b22-9+. The maximum absolute atomic E-state index is 11.9. The van der Waals surface area contributed by atoms with Crippen LogP contribution in [0.3, 0.4) is 0 Å². The van der Waals surface area contributed by atoms with Crippen LogP contribution in [0, 0.1) is 7.14 Å². The van der Waals surface area contributed by atoms with Crippen LogP contribution in [0.25, 0.3) is 10.9 Å². The number of halogens is 2. The van der Waals surface area contributed by atoms with E-state index >= 15 is 0 Å². The minimum atomic E-state index is -0.408. The SMILES string of the molecule is O=C(COc1cccc2cccnc12)N/N=C/c1cc(I)cc(I)c1O. The van der Waals surface area contributed by atoms with Gasteiger partial charge in [0.05, 0.1) is 9.78 Å². The van der Waals surface area contributed by atoms with Gasteiger partial charge in [0.15, 0.2) is 6.61 Å². The fraction of sp³-hybridized carbons (Fsp3) is 0.0556. The lowest BCUT2D eigenvalue weighted by Crippen LogP contribution is -2.24. The molecule has 0 saturated heterocycles. The Kier molecular flexibility index (Phi) is 6.25. The molecule has 26 heavy (non-hydrogen) atoms. The molecule has 0 aliphatic carbocycles. The summed E-state index contributed by atoms with van der Waals surface area (Å²) in [5.74, 6) is 0.253. The molecule has 0 fully saturated rings. The van der Waals surface area contributed by atoms with Gasteiger partial charge in [0.2, 0.25) is 0 Å². The van der Waals surface area contributed by atoms with Gasteiger partial charge < -0.3 is 9.84 Å². The molecule has 0 bridgehead atoms. The molecule has 0 aliphatic rings. The molecular formula is C18H13I2N3O3. The molecule has 3 aromatic rings. The fourth-order valence-electron chi connectivity index (χ4n) is 2.23. The number of pyridine rings is 1. The minimum absolute atomic E-state index is 0.127. The van der Waals surface area contributed by atoms with Gasteiger partial charge in [0.25, 0.3) is 5.91 Å². The van der Waals surface area contributed by atoms with Gasteiger partial charge in [-0.05, 0) is 69.4 Å². The predicted molar refractivity (Wildman–Crippen MR) is 117 cm³/mol. The number of para-hydroxylation sites is 1. The summed E-state index contributed by atoms with van der Waals surface area (Å²) >= 11 is 4.19. The lowest BCUT2D eigenvalue weighted by molar-refractivity contribution is -0.123. The molecule has 6 nitrogen and oxygen atoms in total. The maximum Gasteiger partial charge on any atom is 0.277 e. The smallest absolute Gasteiger partial charge is 0.277 e. The Labute approximate surface area is 176 Å². The van der Waals surface area contributed by atoms with Crippen molar-refractivity contribution >= 4 is 68.2 Å². The van der Waals surface area contributed by atoms with Crippen molar-refractivity contribution < 1.29 is 14.6 Å². The highest BCUT2D eigenvalue weighted by Crippen LogP contribution is 2.25. The van der Waals surface area contributed by atoms with Gasteiger partial charge in [0, 0.05) is 20.7 Å². The van der Waals surface area contributed by atoms with Crippen LogP contribution < -0.4 is 10.2 Å². The molecule has 0 radical (unpaired) electrons.